The van der Waals surface area contributed by atoms with Crippen molar-refractivity contribution in [2.75, 3.05) is 21.1 Å². The SMILES string of the molecule is CN(C)C.O=S(=O)([O-])O.[H+]. The van der Waals surface area contributed by atoms with Crippen LogP contribution in [0.15, 0.2) is 0 Å². The highest BCUT2D eigenvalue weighted by atomic mass is 32.3. The minimum atomic E-state index is -4.92. The lowest BCUT2D eigenvalue weighted by atomic mass is 11.0. The first kappa shape index (κ1) is 11.6. The van der Waals surface area contributed by atoms with Crippen LogP contribution in [-0.4, -0.2) is 43.6 Å². The van der Waals surface area contributed by atoms with Crippen molar-refractivity contribution in [2.24, 2.45) is 0 Å². The van der Waals surface area contributed by atoms with E-state index in [1.807, 2.05) is 26.0 Å². The van der Waals surface area contributed by atoms with E-state index < -0.39 is 10.4 Å². The van der Waals surface area contributed by atoms with Crippen LogP contribution in [0.4, 0.5) is 0 Å². The lowest BCUT2D eigenvalue weighted by molar-refractivity contribution is 0.366. The first-order valence-corrected chi connectivity index (χ1v) is 3.39. The third kappa shape index (κ3) is 9210. The standard InChI is InChI=1S/C3H9N.H2O4S/c1-4(2)3;1-5(2,3)4/h1-3H3;(H2,1,2,3,4). The second-order valence-electron chi connectivity index (χ2n) is 1.77. The van der Waals surface area contributed by atoms with Crippen molar-refractivity contribution >= 4 is 10.4 Å². The molecule has 0 aromatic heterocycles. The largest absolute Gasteiger partial charge is 1.00 e. The summed E-state index contributed by atoms with van der Waals surface area (Å²) in [5.41, 5.74) is 0. The summed E-state index contributed by atoms with van der Waals surface area (Å²) in [4.78, 5) is 2.00. The maximum atomic E-state index is 8.63. The topological polar surface area (TPSA) is 80.7 Å². The van der Waals surface area contributed by atoms with Crippen molar-refractivity contribution in [2.45, 2.75) is 0 Å². The van der Waals surface area contributed by atoms with Crippen LogP contribution in [0.25, 0.3) is 0 Å². The zero-order chi connectivity index (χ0) is 8.08. The molecule has 0 rings (SSSR count). The molecule has 9 heavy (non-hydrogen) atoms. The van der Waals surface area contributed by atoms with Crippen molar-refractivity contribution < 1.29 is 18.9 Å². The molecule has 6 heteroatoms. The molecule has 0 atom stereocenters. The minimum Gasteiger partial charge on any atom is -0.726 e. The molecule has 0 aliphatic rings. The molecule has 0 spiro atoms. The van der Waals surface area contributed by atoms with Crippen LogP contribution in [0.5, 0.6) is 0 Å². The van der Waals surface area contributed by atoms with E-state index in [1.54, 1.807) is 0 Å². The van der Waals surface area contributed by atoms with Gasteiger partial charge < -0.3 is 9.45 Å². The predicted octanol–water partition coefficient (Wildman–Crippen LogP) is -0.705. The lowest BCUT2D eigenvalue weighted by Crippen LogP contribution is -1.99. The van der Waals surface area contributed by atoms with Gasteiger partial charge in [0, 0.05) is 0 Å². The molecule has 58 valence electrons. The molecule has 0 heterocycles. The van der Waals surface area contributed by atoms with Gasteiger partial charge in [-0.3, -0.25) is 4.55 Å². The van der Waals surface area contributed by atoms with E-state index in [1.165, 1.54) is 0 Å². The van der Waals surface area contributed by atoms with Gasteiger partial charge in [0.25, 0.3) is 0 Å². The Morgan fingerprint density at radius 3 is 1.44 bits per heavy atom. The molecule has 0 amide bonds. The van der Waals surface area contributed by atoms with Gasteiger partial charge in [0.2, 0.25) is 10.4 Å². The summed E-state index contributed by atoms with van der Waals surface area (Å²) >= 11 is 0. The number of nitrogens with zero attached hydrogens (tertiary/aromatic N) is 1. The molecule has 0 radical (unpaired) electrons. The van der Waals surface area contributed by atoms with E-state index in [-0.39, 0.29) is 1.43 Å². The highest BCUT2D eigenvalue weighted by Crippen LogP contribution is 1.58. The normalized spacial score (nSPS) is 10.4. The average Bonchev–Trinajstić information content (AvgIpc) is 1.19. The van der Waals surface area contributed by atoms with Crippen molar-refractivity contribution in [3.05, 3.63) is 0 Å². The monoisotopic (exact) mass is 157 g/mol. The molecule has 0 unspecified atom stereocenters. The van der Waals surface area contributed by atoms with Crippen molar-refractivity contribution in [1.82, 2.24) is 4.90 Å². The summed E-state index contributed by atoms with van der Waals surface area (Å²) in [6.45, 7) is 0. The second-order valence-corrected chi connectivity index (χ2v) is 2.62. The third-order valence-corrected chi connectivity index (χ3v) is 0. The van der Waals surface area contributed by atoms with Crippen LogP contribution in [0.3, 0.4) is 0 Å². The zero-order valence-corrected chi connectivity index (χ0v) is 6.34. The van der Waals surface area contributed by atoms with Crippen LogP contribution in [0.2, 0.25) is 0 Å². The third-order valence-electron chi connectivity index (χ3n) is 0. The van der Waals surface area contributed by atoms with Crippen LogP contribution < -0.4 is 0 Å². The molecule has 0 bridgehead atoms. The molecule has 5 nitrogen and oxygen atoms in total. The Morgan fingerprint density at radius 1 is 1.44 bits per heavy atom. The summed E-state index contributed by atoms with van der Waals surface area (Å²) in [6.07, 6.45) is 0. The van der Waals surface area contributed by atoms with Gasteiger partial charge in [-0.2, -0.15) is 0 Å². The van der Waals surface area contributed by atoms with Gasteiger partial charge in [0.15, 0.2) is 0 Å². The van der Waals surface area contributed by atoms with E-state index in [0.29, 0.717) is 0 Å². The van der Waals surface area contributed by atoms with Gasteiger partial charge in [0.1, 0.15) is 0 Å². The molecule has 0 aromatic carbocycles. The Morgan fingerprint density at radius 2 is 1.44 bits per heavy atom. The van der Waals surface area contributed by atoms with Gasteiger partial charge in [-0.15, -0.1) is 0 Å². The van der Waals surface area contributed by atoms with Crippen molar-refractivity contribution in [3.63, 3.8) is 0 Å². The maximum Gasteiger partial charge on any atom is 1.00 e. The van der Waals surface area contributed by atoms with Crippen LogP contribution in [-0.2, 0) is 10.4 Å². The van der Waals surface area contributed by atoms with Crippen molar-refractivity contribution in [1.29, 1.82) is 0 Å². The number of rotatable bonds is 0. The molecule has 0 aliphatic heterocycles. The van der Waals surface area contributed by atoms with Gasteiger partial charge in [-0.1, -0.05) is 0 Å². The van der Waals surface area contributed by atoms with Crippen LogP contribution in [0.1, 0.15) is 1.43 Å². The van der Waals surface area contributed by atoms with E-state index >= 15 is 0 Å². The molecule has 0 aliphatic carbocycles. The fourth-order valence-electron chi connectivity index (χ4n) is 0. The van der Waals surface area contributed by atoms with Crippen LogP contribution >= 0.6 is 0 Å². The van der Waals surface area contributed by atoms with E-state index in [9.17, 15) is 0 Å². The Bertz CT molecular complexity index is 132. The zero-order valence-electron chi connectivity index (χ0n) is 6.53. The summed E-state index contributed by atoms with van der Waals surface area (Å²) in [5, 5.41) is 0. The molecule has 1 N–H and O–H groups in total. The molecular formula is C3H11NO4S. The smallest absolute Gasteiger partial charge is 0.726 e. The van der Waals surface area contributed by atoms with Crippen LogP contribution in [0, 0.1) is 0 Å². The van der Waals surface area contributed by atoms with Gasteiger partial charge in [0.05, 0.1) is 0 Å². The second kappa shape index (κ2) is 4.68. The molecular weight excluding hydrogens is 146 g/mol. The average molecular weight is 157 g/mol. The summed E-state index contributed by atoms with van der Waals surface area (Å²) in [7, 11) is 1.08. The Kier molecular flexibility index (Phi) is 6.04. The van der Waals surface area contributed by atoms with Gasteiger partial charge in [-0.05, 0) is 21.1 Å². The summed E-state index contributed by atoms with van der Waals surface area (Å²) in [5.74, 6) is 0. The summed E-state index contributed by atoms with van der Waals surface area (Å²) < 4.78 is 32.8. The Labute approximate surface area is 56.4 Å². The van der Waals surface area contributed by atoms with E-state index in [2.05, 4.69) is 0 Å². The fourth-order valence-corrected chi connectivity index (χ4v) is 0. The fraction of sp³-hybridized carbons (Fsp3) is 1.00. The Balaban J connectivity index is -0.0000000910. The number of hydrogen-bond acceptors (Lipinski definition) is 4. The quantitative estimate of drug-likeness (QED) is 0.371. The van der Waals surface area contributed by atoms with Gasteiger partial charge >= 0.3 is 1.43 Å². The van der Waals surface area contributed by atoms with Gasteiger partial charge in [-0.25, -0.2) is 8.42 Å². The molecule has 0 aromatic rings. The first-order chi connectivity index (χ1) is 3.73. The summed E-state index contributed by atoms with van der Waals surface area (Å²) in [6, 6.07) is 0. The predicted molar refractivity (Wildman–Crippen MR) is 33.0 cm³/mol. The first-order valence-electron chi connectivity index (χ1n) is 2.02. The highest BCUT2D eigenvalue weighted by molar-refractivity contribution is 7.79. The minimum absolute atomic E-state index is 0. The molecule has 0 fully saturated rings. The van der Waals surface area contributed by atoms with E-state index in [4.69, 9.17) is 17.5 Å². The van der Waals surface area contributed by atoms with Crippen molar-refractivity contribution in [3.8, 4) is 0 Å². The van der Waals surface area contributed by atoms with E-state index in [0.717, 1.165) is 0 Å². The Hall–Kier alpha value is -0.170. The lowest BCUT2D eigenvalue weighted by Gasteiger charge is -1.90. The highest BCUT2D eigenvalue weighted by Gasteiger charge is 1.67. The number of hydrogen-bond donors (Lipinski definition) is 1. The molecule has 0 saturated carbocycles. The molecule has 0 saturated heterocycles. The maximum absolute atomic E-state index is 8.63.